The van der Waals surface area contributed by atoms with Crippen molar-refractivity contribution in [2.45, 2.75) is 57.7 Å². The van der Waals surface area contributed by atoms with Gasteiger partial charge in [-0.05, 0) is 32.9 Å². The second-order valence-corrected chi connectivity index (χ2v) is 8.13. The largest absolute Gasteiger partial charge is 0.485 e. The van der Waals surface area contributed by atoms with Gasteiger partial charge in [-0.2, -0.15) is 0 Å². The van der Waals surface area contributed by atoms with Gasteiger partial charge in [0.15, 0.2) is 0 Å². The van der Waals surface area contributed by atoms with E-state index in [1.165, 1.54) is 0 Å². The number of urea groups is 1. The molecule has 0 saturated carbocycles. The molecule has 154 valence electrons. The molecule has 1 saturated heterocycles. The lowest BCUT2D eigenvalue weighted by atomic mass is 9.90. The number of amides is 3. The van der Waals surface area contributed by atoms with Crippen molar-refractivity contribution in [2.24, 2.45) is 5.73 Å². The third kappa shape index (κ3) is 4.76. The van der Waals surface area contributed by atoms with E-state index in [0.29, 0.717) is 58.4 Å². The van der Waals surface area contributed by atoms with Crippen molar-refractivity contribution in [2.75, 3.05) is 26.2 Å². The van der Waals surface area contributed by atoms with Gasteiger partial charge < -0.3 is 25.6 Å². The predicted molar refractivity (Wildman–Crippen MR) is 108 cm³/mol. The molecular weight excluding hydrogens is 356 g/mol. The Labute approximate surface area is 167 Å². The Morgan fingerprint density at radius 1 is 1.21 bits per heavy atom. The van der Waals surface area contributed by atoms with E-state index in [9.17, 15) is 9.59 Å². The van der Waals surface area contributed by atoms with Crippen LogP contribution < -0.4 is 15.8 Å². The van der Waals surface area contributed by atoms with E-state index in [4.69, 9.17) is 10.5 Å². The molecule has 3 rings (SSSR count). The minimum Gasteiger partial charge on any atom is -0.485 e. The van der Waals surface area contributed by atoms with Gasteiger partial charge in [-0.15, -0.1) is 0 Å². The van der Waals surface area contributed by atoms with Gasteiger partial charge in [-0.3, -0.25) is 4.79 Å². The Morgan fingerprint density at radius 3 is 2.61 bits per heavy atom. The number of benzene rings is 1. The fourth-order valence-corrected chi connectivity index (χ4v) is 3.91. The zero-order valence-electron chi connectivity index (χ0n) is 16.9. The Bertz CT molecular complexity index is 699. The number of carbonyl (C=O) groups is 2. The minimum atomic E-state index is -0.459. The highest BCUT2D eigenvalue weighted by Gasteiger charge is 2.42. The van der Waals surface area contributed by atoms with Crippen LogP contribution in [0.3, 0.4) is 0 Å². The van der Waals surface area contributed by atoms with Crippen LogP contribution in [0.15, 0.2) is 24.3 Å². The summed E-state index contributed by atoms with van der Waals surface area (Å²) in [7, 11) is 0. The van der Waals surface area contributed by atoms with Gasteiger partial charge in [0.05, 0.1) is 6.54 Å². The maximum atomic E-state index is 12.8. The van der Waals surface area contributed by atoms with Crippen LogP contribution in [-0.2, 0) is 11.3 Å². The van der Waals surface area contributed by atoms with Crippen molar-refractivity contribution in [3.8, 4) is 5.75 Å². The molecule has 2 aliphatic heterocycles. The average molecular weight is 389 g/mol. The molecule has 2 aliphatic rings. The number of piperidine rings is 1. The number of fused-ring (bicyclic) bond motifs is 1. The molecule has 0 aliphatic carbocycles. The topological polar surface area (TPSA) is 87.9 Å². The fourth-order valence-electron chi connectivity index (χ4n) is 3.91. The molecular formula is C21H32N4O3. The molecule has 0 unspecified atom stereocenters. The quantitative estimate of drug-likeness (QED) is 0.827. The van der Waals surface area contributed by atoms with Crippen molar-refractivity contribution < 1.29 is 14.3 Å². The first-order valence-corrected chi connectivity index (χ1v) is 10.2. The first kappa shape index (κ1) is 20.5. The number of likely N-dealkylation sites (tertiary alicyclic amines) is 1. The lowest BCUT2D eigenvalue weighted by Gasteiger charge is -2.42. The summed E-state index contributed by atoms with van der Waals surface area (Å²) in [5.74, 6) is 0.960. The summed E-state index contributed by atoms with van der Waals surface area (Å²) in [6.45, 7) is 6.76. The van der Waals surface area contributed by atoms with Gasteiger partial charge in [-0.1, -0.05) is 18.2 Å². The maximum absolute atomic E-state index is 12.8. The Kier molecular flexibility index (Phi) is 6.44. The van der Waals surface area contributed by atoms with Crippen LogP contribution in [0.25, 0.3) is 0 Å². The molecule has 0 atom stereocenters. The molecule has 3 amide bonds. The number of rotatable bonds is 4. The van der Waals surface area contributed by atoms with Gasteiger partial charge in [0, 0.05) is 50.5 Å². The van der Waals surface area contributed by atoms with E-state index in [2.05, 4.69) is 5.32 Å². The summed E-state index contributed by atoms with van der Waals surface area (Å²) < 4.78 is 6.50. The number of hydrogen-bond acceptors (Lipinski definition) is 4. The molecule has 1 spiro atoms. The number of carbonyl (C=O) groups excluding carboxylic acids is 2. The molecule has 1 aromatic carbocycles. The Morgan fingerprint density at radius 2 is 1.93 bits per heavy atom. The smallest absolute Gasteiger partial charge is 0.317 e. The number of ether oxygens (including phenoxy) is 1. The molecule has 2 heterocycles. The van der Waals surface area contributed by atoms with E-state index in [-0.39, 0.29) is 18.0 Å². The normalized spacial score (nSPS) is 18.4. The van der Waals surface area contributed by atoms with Crippen LogP contribution in [0.2, 0.25) is 0 Å². The predicted octanol–water partition coefficient (Wildman–Crippen LogP) is 2.10. The molecule has 7 heteroatoms. The van der Waals surface area contributed by atoms with E-state index >= 15 is 0 Å². The van der Waals surface area contributed by atoms with Crippen molar-refractivity contribution in [1.82, 2.24) is 15.1 Å². The van der Waals surface area contributed by atoms with Gasteiger partial charge >= 0.3 is 6.03 Å². The lowest BCUT2D eigenvalue weighted by molar-refractivity contribution is -0.135. The molecule has 7 nitrogen and oxygen atoms in total. The van der Waals surface area contributed by atoms with Crippen molar-refractivity contribution in [3.63, 3.8) is 0 Å². The summed E-state index contributed by atoms with van der Waals surface area (Å²) in [6.07, 6.45) is 2.55. The molecule has 0 aromatic heterocycles. The minimum absolute atomic E-state index is 0.0326. The van der Waals surface area contributed by atoms with Gasteiger partial charge in [-0.25, -0.2) is 4.79 Å². The lowest BCUT2D eigenvalue weighted by Crippen LogP contribution is -2.56. The van der Waals surface area contributed by atoms with Crippen molar-refractivity contribution in [3.05, 3.63) is 29.8 Å². The SMILES string of the molecule is CC(C)NC(=O)N1CCC2(CC1)CN(C(=O)CCCN)Cc1ccccc1O2. The monoisotopic (exact) mass is 388 g/mol. The second-order valence-electron chi connectivity index (χ2n) is 8.13. The number of para-hydroxylation sites is 1. The highest BCUT2D eigenvalue weighted by molar-refractivity contribution is 5.76. The summed E-state index contributed by atoms with van der Waals surface area (Å²) >= 11 is 0. The van der Waals surface area contributed by atoms with Gasteiger partial charge in [0.1, 0.15) is 11.4 Å². The van der Waals surface area contributed by atoms with Crippen LogP contribution in [0.1, 0.15) is 45.1 Å². The van der Waals surface area contributed by atoms with Crippen LogP contribution >= 0.6 is 0 Å². The molecule has 0 radical (unpaired) electrons. The fraction of sp³-hybridized carbons (Fsp3) is 0.619. The molecule has 0 bridgehead atoms. The zero-order chi connectivity index (χ0) is 20.1. The highest BCUT2D eigenvalue weighted by Crippen LogP contribution is 2.35. The summed E-state index contributed by atoms with van der Waals surface area (Å²) in [5, 5.41) is 2.95. The van der Waals surface area contributed by atoms with E-state index < -0.39 is 5.60 Å². The van der Waals surface area contributed by atoms with E-state index in [1.807, 2.05) is 47.9 Å². The number of nitrogens with zero attached hydrogens (tertiary/aromatic N) is 2. The molecule has 28 heavy (non-hydrogen) atoms. The third-order valence-corrected chi connectivity index (χ3v) is 5.46. The maximum Gasteiger partial charge on any atom is 0.317 e. The zero-order valence-corrected chi connectivity index (χ0v) is 16.9. The molecule has 3 N–H and O–H groups in total. The summed E-state index contributed by atoms with van der Waals surface area (Å²) in [4.78, 5) is 28.9. The van der Waals surface area contributed by atoms with E-state index in [1.54, 1.807) is 0 Å². The first-order valence-electron chi connectivity index (χ1n) is 10.2. The number of nitrogens with one attached hydrogen (secondary N) is 1. The van der Waals surface area contributed by atoms with Crippen molar-refractivity contribution in [1.29, 1.82) is 0 Å². The Hall–Kier alpha value is -2.28. The van der Waals surface area contributed by atoms with Crippen LogP contribution in [0, 0.1) is 0 Å². The summed E-state index contributed by atoms with van der Waals surface area (Å²) in [5.41, 5.74) is 6.16. The standard InChI is InChI=1S/C21H32N4O3/c1-16(2)23-20(27)24-12-9-21(10-13-24)15-25(19(26)8-5-11-22)14-17-6-3-4-7-18(17)28-21/h3-4,6-7,16H,5,8-15,22H2,1-2H3,(H,23,27). The third-order valence-electron chi connectivity index (χ3n) is 5.46. The van der Waals surface area contributed by atoms with Crippen molar-refractivity contribution >= 4 is 11.9 Å². The van der Waals surface area contributed by atoms with Crippen LogP contribution in [0.4, 0.5) is 4.79 Å². The second kappa shape index (κ2) is 8.82. The summed E-state index contributed by atoms with van der Waals surface area (Å²) in [6, 6.07) is 8.01. The van der Waals surface area contributed by atoms with Crippen LogP contribution in [-0.4, -0.2) is 59.6 Å². The first-order chi connectivity index (χ1) is 13.4. The van der Waals surface area contributed by atoms with Gasteiger partial charge in [0.2, 0.25) is 5.91 Å². The highest BCUT2D eigenvalue weighted by atomic mass is 16.5. The molecule has 1 fully saturated rings. The number of hydrogen-bond donors (Lipinski definition) is 2. The Balaban J connectivity index is 1.76. The average Bonchev–Trinajstić information content (AvgIpc) is 2.82. The molecule has 1 aromatic rings. The van der Waals surface area contributed by atoms with Crippen LogP contribution in [0.5, 0.6) is 5.75 Å². The number of nitrogens with two attached hydrogens (primary N) is 1. The van der Waals surface area contributed by atoms with Gasteiger partial charge in [0.25, 0.3) is 0 Å². The van der Waals surface area contributed by atoms with E-state index in [0.717, 1.165) is 11.3 Å².